The normalized spacial score (nSPS) is 12.3. The van der Waals surface area contributed by atoms with Crippen molar-refractivity contribution < 1.29 is 38.2 Å². The molecule has 12 nitrogen and oxygen atoms in total. The van der Waals surface area contributed by atoms with Gasteiger partial charge < -0.3 is 31.0 Å². The molecule has 2 atom stereocenters. The minimum absolute atomic E-state index is 0.0430. The van der Waals surface area contributed by atoms with Crippen molar-refractivity contribution in [3.63, 3.8) is 0 Å². The molecule has 6 N–H and O–H groups in total. The van der Waals surface area contributed by atoms with Crippen molar-refractivity contribution in [2.75, 3.05) is 31.3 Å². The van der Waals surface area contributed by atoms with Gasteiger partial charge in [0.25, 0.3) is 0 Å². The quantitative estimate of drug-likeness (QED) is 0.00856. The van der Waals surface area contributed by atoms with Gasteiger partial charge in [0.05, 0.1) is 18.3 Å². The molecule has 0 fully saturated rings. The second kappa shape index (κ2) is 51.5. The summed E-state index contributed by atoms with van der Waals surface area (Å²) >= 11 is 0. The third-order valence-corrected chi connectivity index (χ3v) is 14.4. The Morgan fingerprint density at radius 1 is 0.507 bits per heavy atom. The molecule has 69 heavy (non-hydrogen) atoms. The molecule has 0 bridgehead atoms. The number of hydrogen-bond acceptors (Lipinski definition) is 12. The molecule has 14 heteroatoms. The molecule has 0 aromatic rings. The molecule has 400 valence electrons. The van der Waals surface area contributed by atoms with E-state index in [4.69, 9.17) is 31.1 Å². The van der Waals surface area contributed by atoms with Crippen molar-refractivity contribution >= 4 is 57.0 Å². The van der Waals surface area contributed by atoms with Crippen molar-refractivity contribution in [2.24, 2.45) is 11.5 Å². The maximum atomic E-state index is 12.8. The summed E-state index contributed by atoms with van der Waals surface area (Å²) in [4.78, 5) is 62.7. The lowest BCUT2D eigenvalue weighted by molar-refractivity contribution is -0.167. The first-order valence-electron chi connectivity index (χ1n) is 27.5. The first-order chi connectivity index (χ1) is 33.6. The predicted octanol–water partition coefficient (Wildman–Crippen LogP) is 13.5. The molecule has 0 saturated heterocycles. The van der Waals surface area contributed by atoms with E-state index in [1.165, 1.54) is 89.9 Å². The van der Waals surface area contributed by atoms with Gasteiger partial charge in [0, 0.05) is 50.2 Å². The molecule has 0 aromatic carbocycles. The molecule has 0 aromatic heterocycles. The van der Waals surface area contributed by atoms with Crippen LogP contribution in [0.15, 0.2) is 24.3 Å². The van der Waals surface area contributed by atoms with E-state index in [1.807, 2.05) is 0 Å². The third kappa shape index (κ3) is 49.9. The zero-order chi connectivity index (χ0) is 50.7. The van der Waals surface area contributed by atoms with Crippen molar-refractivity contribution in [2.45, 2.75) is 257 Å². The summed E-state index contributed by atoms with van der Waals surface area (Å²) in [6.07, 6.45) is 42.8. The number of ether oxygens (including phenoxy) is 3. The summed E-state index contributed by atoms with van der Waals surface area (Å²) in [7, 11) is 3.24. The smallest absolute Gasteiger partial charge is 0.306 e. The molecule has 0 aliphatic carbocycles. The first-order valence-corrected chi connectivity index (χ1v) is 30.0. The van der Waals surface area contributed by atoms with Crippen LogP contribution in [0.3, 0.4) is 0 Å². The first kappa shape index (κ1) is 66.2. The Morgan fingerprint density at radius 2 is 0.942 bits per heavy atom. The third-order valence-electron chi connectivity index (χ3n) is 11.9. The molecular weight excluding hydrogens is 909 g/mol. The maximum absolute atomic E-state index is 12.8. The van der Waals surface area contributed by atoms with Crippen LogP contribution in [0.2, 0.25) is 0 Å². The van der Waals surface area contributed by atoms with Crippen LogP contribution in [0.1, 0.15) is 245 Å². The van der Waals surface area contributed by atoms with E-state index in [0.717, 1.165) is 95.6 Å². The Hall–Kier alpha value is -2.84. The van der Waals surface area contributed by atoms with Gasteiger partial charge >= 0.3 is 17.9 Å². The largest absolute Gasteiger partial charge is 0.462 e. The molecule has 0 aliphatic rings. The molecule has 0 spiro atoms. The number of amidine groups is 1. The van der Waals surface area contributed by atoms with Gasteiger partial charge in [-0.25, -0.2) is 0 Å². The summed E-state index contributed by atoms with van der Waals surface area (Å²) in [5, 5.41) is 10.1. The minimum Gasteiger partial charge on any atom is -0.462 e. The number of nitrogens with two attached hydrogens (primary N) is 2. The second-order valence-corrected chi connectivity index (χ2v) is 21.3. The zero-order valence-electron chi connectivity index (χ0n) is 43.7. The lowest BCUT2D eigenvalue weighted by Gasteiger charge is -2.18. The molecule has 1 amide bonds. The second-order valence-electron chi connectivity index (χ2n) is 18.6. The van der Waals surface area contributed by atoms with Gasteiger partial charge in [-0.1, -0.05) is 169 Å². The van der Waals surface area contributed by atoms with Gasteiger partial charge in [0.15, 0.2) is 6.10 Å². The van der Waals surface area contributed by atoms with Gasteiger partial charge in [0.1, 0.15) is 19.0 Å². The number of Topliss-reactive ketones (excluding diaryl/α,β-unsaturated/α-hetero) is 1. The van der Waals surface area contributed by atoms with E-state index in [1.54, 1.807) is 21.6 Å². The number of carbonyl (C=O) groups excluding carboxylic acids is 5. The van der Waals surface area contributed by atoms with Gasteiger partial charge in [0.2, 0.25) is 5.91 Å². The predicted molar refractivity (Wildman–Crippen MR) is 290 cm³/mol. The Kier molecular flexibility index (Phi) is 49.4. The number of nitrogens with one attached hydrogen (secondary N) is 2. The molecule has 1 unspecified atom stereocenters. The van der Waals surface area contributed by atoms with E-state index in [0.29, 0.717) is 38.0 Å². The Bertz CT molecular complexity index is 1350. The van der Waals surface area contributed by atoms with Crippen molar-refractivity contribution in [1.29, 1.82) is 5.41 Å². The number of esters is 3. The standard InChI is InChI=1S/C55H100N4O8S2/c1-3-5-7-9-11-13-15-17-19-21-23-25-27-29-31-39-53(62)65-46-48(67-55(64)40-32-30-28-26-24-22-20-18-16-14-12-10-8-6-4-2)47-66-54(63)42-41-52(61)59-43-45-69-68-44-35-37-50(60)49(56)36-33-34-38-51(57)58/h17-20,48-49H,3-16,21-47,56H2,1-2H3,(H3,57,58)(H,59,61)/b19-17-,20-18-/t48-,49?/m0/s1. The molecule has 0 radical (unpaired) electrons. The fourth-order valence-corrected chi connectivity index (χ4v) is 9.54. The number of amides is 1. The van der Waals surface area contributed by atoms with Crippen LogP contribution in [0.5, 0.6) is 0 Å². The topological polar surface area (TPSA) is 201 Å². The van der Waals surface area contributed by atoms with E-state index in [2.05, 4.69) is 43.5 Å². The zero-order valence-corrected chi connectivity index (χ0v) is 45.3. The van der Waals surface area contributed by atoms with Gasteiger partial charge in [-0.15, -0.1) is 0 Å². The average molecular weight is 1010 g/mol. The van der Waals surface area contributed by atoms with Crippen LogP contribution < -0.4 is 16.8 Å². The van der Waals surface area contributed by atoms with E-state index >= 15 is 0 Å². The van der Waals surface area contributed by atoms with Crippen LogP contribution in [0.4, 0.5) is 0 Å². The molecule has 0 rings (SSSR count). The summed E-state index contributed by atoms with van der Waals surface area (Å²) < 4.78 is 16.6. The van der Waals surface area contributed by atoms with Crippen LogP contribution in [0.25, 0.3) is 0 Å². The van der Waals surface area contributed by atoms with Gasteiger partial charge in [-0.3, -0.25) is 29.4 Å². The number of hydrogen-bond donors (Lipinski definition) is 4. The van der Waals surface area contributed by atoms with Crippen molar-refractivity contribution in [3.8, 4) is 0 Å². The van der Waals surface area contributed by atoms with Crippen molar-refractivity contribution in [1.82, 2.24) is 5.32 Å². The molecular formula is C55H100N4O8S2. The molecule has 0 heterocycles. The average Bonchev–Trinajstić information content (AvgIpc) is 3.33. The van der Waals surface area contributed by atoms with Crippen LogP contribution >= 0.6 is 21.6 Å². The van der Waals surface area contributed by atoms with Crippen LogP contribution in [-0.2, 0) is 38.2 Å². The molecule has 0 aliphatic heterocycles. The number of rotatable bonds is 52. The Labute approximate surface area is 428 Å². The summed E-state index contributed by atoms with van der Waals surface area (Å²) in [6, 6.07) is -0.472. The van der Waals surface area contributed by atoms with E-state index < -0.39 is 24.1 Å². The van der Waals surface area contributed by atoms with Gasteiger partial charge in [-0.05, 0) is 83.5 Å². The number of ketones is 1. The SMILES string of the molecule is CCCCCCCC/C=C\CCCCCCCC(=O)OC[C@@H](COC(=O)CCC(=O)NCCSSCCCC(=O)C(N)CCCCC(=N)N)OC(=O)CCCCCCC/C=C\CCCCCCCC. The minimum atomic E-state index is -0.926. The van der Waals surface area contributed by atoms with Crippen LogP contribution in [0, 0.1) is 5.41 Å². The monoisotopic (exact) mass is 1010 g/mol. The summed E-state index contributed by atoms with van der Waals surface area (Å²) in [5.74, 6) is 0.0197. The number of allylic oxidation sites excluding steroid dienone is 4. The highest BCUT2D eigenvalue weighted by atomic mass is 33.1. The molecule has 0 saturated carbocycles. The highest BCUT2D eigenvalue weighted by Gasteiger charge is 2.20. The highest BCUT2D eigenvalue weighted by Crippen LogP contribution is 2.22. The van der Waals surface area contributed by atoms with Crippen LogP contribution in [-0.4, -0.2) is 78.8 Å². The van der Waals surface area contributed by atoms with Crippen molar-refractivity contribution in [3.05, 3.63) is 24.3 Å². The lowest BCUT2D eigenvalue weighted by Crippen LogP contribution is -2.31. The fourth-order valence-electron chi connectivity index (χ4n) is 7.54. The van der Waals surface area contributed by atoms with Gasteiger partial charge in [-0.2, -0.15) is 0 Å². The summed E-state index contributed by atoms with van der Waals surface area (Å²) in [6.45, 7) is 4.48. The number of carbonyl (C=O) groups is 5. The van der Waals surface area contributed by atoms with E-state index in [-0.39, 0.29) is 62.4 Å². The van der Waals surface area contributed by atoms with E-state index in [9.17, 15) is 24.0 Å². The Balaban J connectivity index is 4.52. The highest BCUT2D eigenvalue weighted by molar-refractivity contribution is 8.76. The lowest BCUT2D eigenvalue weighted by atomic mass is 10.0. The fraction of sp³-hybridized carbons (Fsp3) is 0.818. The maximum Gasteiger partial charge on any atom is 0.306 e. The number of unbranched alkanes of at least 4 members (excludes halogenated alkanes) is 23. The Morgan fingerprint density at radius 3 is 1.45 bits per heavy atom. The summed E-state index contributed by atoms with van der Waals surface area (Å²) in [5.41, 5.74) is 11.4.